The van der Waals surface area contributed by atoms with Crippen molar-refractivity contribution in [3.05, 3.63) is 82.4 Å². The van der Waals surface area contributed by atoms with Gasteiger partial charge in [0.1, 0.15) is 11.5 Å². The lowest BCUT2D eigenvalue weighted by Crippen LogP contribution is -2.36. The second-order valence-electron chi connectivity index (χ2n) is 6.97. The number of carbonyl (C=O) groups excluding carboxylic acids is 2. The molecular formula is C22H18FN5O3. The van der Waals surface area contributed by atoms with Crippen LogP contribution in [-0.4, -0.2) is 32.7 Å². The molecule has 0 saturated carbocycles. The molecule has 2 aromatic carbocycles. The first-order valence-corrected chi connectivity index (χ1v) is 9.58. The Hall–Kier alpha value is -4.14. The number of hydrazone groups is 1. The van der Waals surface area contributed by atoms with Gasteiger partial charge < -0.3 is 5.32 Å². The number of halogens is 1. The van der Waals surface area contributed by atoms with Crippen LogP contribution in [0.15, 0.2) is 70.6 Å². The van der Waals surface area contributed by atoms with Crippen molar-refractivity contribution in [1.29, 1.82) is 0 Å². The average molecular weight is 419 g/mol. The van der Waals surface area contributed by atoms with Crippen molar-refractivity contribution in [2.75, 3.05) is 5.32 Å². The molecule has 0 unspecified atom stereocenters. The molecule has 0 bridgehead atoms. The zero-order valence-corrected chi connectivity index (χ0v) is 16.3. The van der Waals surface area contributed by atoms with E-state index in [2.05, 4.69) is 20.6 Å². The summed E-state index contributed by atoms with van der Waals surface area (Å²) in [5.74, 6) is -0.980. The second kappa shape index (κ2) is 8.70. The molecule has 0 atom stereocenters. The standard InChI is InChI=1S/C22H18FN5O3/c23-16-6-4-14(5-7-16)13-28-21(30)11-9-19(27-28)22(31)24-17-3-1-2-15(12-17)18-8-10-20(29)26-25-18/h1-8,10,12H,9,11,13H2,(H,24,31)(H,26,29). The summed E-state index contributed by atoms with van der Waals surface area (Å²) in [6.45, 7) is 0.156. The third kappa shape index (κ3) is 4.89. The molecule has 0 spiro atoms. The van der Waals surface area contributed by atoms with Gasteiger partial charge >= 0.3 is 0 Å². The molecule has 2 N–H and O–H groups in total. The van der Waals surface area contributed by atoms with E-state index >= 15 is 0 Å². The van der Waals surface area contributed by atoms with Crippen molar-refractivity contribution < 1.29 is 14.0 Å². The van der Waals surface area contributed by atoms with Crippen LogP contribution in [0.5, 0.6) is 0 Å². The summed E-state index contributed by atoms with van der Waals surface area (Å²) in [6, 6.07) is 15.7. The molecule has 3 aromatic rings. The van der Waals surface area contributed by atoms with E-state index in [1.165, 1.54) is 23.2 Å². The van der Waals surface area contributed by atoms with Crippen molar-refractivity contribution in [2.24, 2.45) is 5.10 Å². The Balaban J connectivity index is 1.49. The van der Waals surface area contributed by atoms with Crippen LogP contribution < -0.4 is 10.9 Å². The zero-order chi connectivity index (χ0) is 21.8. The Morgan fingerprint density at radius 1 is 1.06 bits per heavy atom. The molecule has 156 valence electrons. The Morgan fingerprint density at radius 2 is 1.87 bits per heavy atom. The number of aromatic amines is 1. The fourth-order valence-corrected chi connectivity index (χ4v) is 3.12. The topological polar surface area (TPSA) is 108 Å². The highest BCUT2D eigenvalue weighted by molar-refractivity contribution is 6.43. The van der Waals surface area contributed by atoms with Crippen LogP contribution in [0.1, 0.15) is 18.4 Å². The maximum absolute atomic E-state index is 13.1. The van der Waals surface area contributed by atoms with E-state index in [0.29, 0.717) is 22.5 Å². The van der Waals surface area contributed by atoms with Gasteiger partial charge in [-0.05, 0) is 35.9 Å². The van der Waals surface area contributed by atoms with E-state index in [1.807, 2.05) is 0 Å². The van der Waals surface area contributed by atoms with Crippen molar-refractivity contribution in [3.63, 3.8) is 0 Å². The molecule has 0 fully saturated rings. The molecule has 1 aliphatic rings. The fraction of sp³-hybridized carbons (Fsp3) is 0.136. The monoisotopic (exact) mass is 419 g/mol. The number of hydrogen-bond donors (Lipinski definition) is 2. The van der Waals surface area contributed by atoms with Gasteiger partial charge in [-0.15, -0.1) is 0 Å². The first-order valence-electron chi connectivity index (χ1n) is 9.58. The molecule has 1 aliphatic heterocycles. The molecule has 2 heterocycles. The number of H-pyrrole nitrogens is 1. The Bertz CT molecular complexity index is 1200. The van der Waals surface area contributed by atoms with E-state index in [9.17, 15) is 18.8 Å². The number of benzene rings is 2. The van der Waals surface area contributed by atoms with Gasteiger partial charge in [0.2, 0.25) is 5.91 Å². The van der Waals surface area contributed by atoms with E-state index in [-0.39, 0.29) is 42.4 Å². The Labute approximate surface area is 176 Å². The fourth-order valence-electron chi connectivity index (χ4n) is 3.12. The molecule has 4 rings (SSSR count). The van der Waals surface area contributed by atoms with Crippen molar-refractivity contribution in [1.82, 2.24) is 15.2 Å². The number of anilines is 1. The molecule has 0 saturated heterocycles. The molecule has 9 heteroatoms. The molecule has 0 aliphatic carbocycles. The van der Waals surface area contributed by atoms with Gasteiger partial charge in [0.05, 0.1) is 12.2 Å². The van der Waals surface area contributed by atoms with Gasteiger partial charge in [0.25, 0.3) is 11.5 Å². The van der Waals surface area contributed by atoms with Crippen LogP contribution in [0, 0.1) is 5.82 Å². The SMILES string of the molecule is O=C(Nc1cccc(-c2ccc(=O)[nH]n2)c1)C1=NN(Cc2ccc(F)cc2)C(=O)CC1. The van der Waals surface area contributed by atoms with Gasteiger partial charge in [-0.3, -0.25) is 14.4 Å². The highest BCUT2D eigenvalue weighted by Gasteiger charge is 2.24. The van der Waals surface area contributed by atoms with Crippen LogP contribution in [-0.2, 0) is 16.1 Å². The third-order valence-corrected chi connectivity index (χ3v) is 4.71. The van der Waals surface area contributed by atoms with Gasteiger partial charge in [-0.25, -0.2) is 14.5 Å². The lowest BCUT2D eigenvalue weighted by molar-refractivity contribution is -0.132. The van der Waals surface area contributed by atoms with E-state index in [1.54, 1.807) is 42.5 Å². The van der Waals surface area contributed by atoms with Crippen LogP contribution in [0.3, 0.4) is 0 Å². The average Bonchev–Trinajstić information content (AvgIpc) is 2.77. The van der Waals surface area contributed by atoms with E-state index < -0.39 is 5.91 Å². The predicted molar refractivity (Wildman–Crippen MR) is 113 cm³/mol. The summed E-state index contributed by atoms with van der Waals surface area (Å²) in [5.41, 5.74) is 2.44. The molecule has 8 nitrogen and oxygen atoms in total. The van der Waals surface area contributed by atoms with Gasteiger partial charge in [-0.1, -0.05) is 24.3 Å². The number of amides is 2. The highest BCUT2D eigenvalue weighted by Crippen LogP contribution is 2.20. The summed E-state index contributed by atoms with van der Waals surface area (Å²) in [4.78, 5) is 36.1. The van der Waals surface area contributed by atoms with E-state index in [4.69, 9.17) is 0 Å². The Morgan fingerprint density at radius 3 is 2.61 bits per heavy atom. The highest BCUT2D eigenvalue weighted by atomic mass is 19.1. The summed E-state index contributed by atoms with van der Waals surface area (Å²) in [5, 5.41) is 14.6. The second-order valence-corrected chi connectivity index (χ2v) is 6.97. The van der Waals surface area contributed by atoms with Gasteiger partial charge in [0.15, 0.2) is 0 Å². The maximum Gasteiger partial charge on any atom is 0.271 e. The van der Waals surface area contributed by atoms with Crippen molar-refractivity contribution in [2.45, 2.75) is 19.4 Å². The van der Waals surface area contributed by atoms with Crippen LogP contribution in [0.25, 0.3) is 11.3 Å². The van der Waals surface area contributed by atoms with Crippen LogP contribution >= 0.6 is 0 Å². The van der Waals surface area contributed by atoms with Crippen LogP contribution in [0.4, 0.5) is 10.1 Å². The molecule has 2 amide bonds. The summed E-state index contributed by atoms with van der Waals surface area (Å²) >= 11 is 0. The minimum absolute atomic E-state index is 0.156. The minimum atomic E-state index is -0.414. The molecule has 1 aromatic heterocycles. The lowest BCUT2D eigenvalue weighted by Gasteiger charge is -2.23. The maximum atomic E-state index is 13.1. The number of nitrogens with zero attached hydrogens (tertiary/aromatic N) is 3. The normalized spacial score (nSPS) is 13.6. The van der Waals surface area contributed by atoms with Crippen molar-refractivity contribution >= 4 is 23.2 Å². The smallest absolute Gasteiger partial charge is 0.271 e. The molecular weight excluding hydrogens is 401 g/mol. The number of hydrogen-bond acceptors (Lipinski definition) is 5. The number of carbonyl (C=O) groups is 2. The van der Waals surface area contributed by atoms with Gasteiger partial charge in [-0.2, -0.15) is 10.2 Å². The minimum Gasteiger partial charge on any atom is -0.321 e. The largest absolute Gasteiger partial charge is 0.321 e. The lowest BCUT2D eigenvalue weighted by atomic mass is 10.1. The Kier molecular flexibility index (Phi) is 5.65. The molecule has 0 radical (unpaired) electrons. The first-order chi connectivity index (χ1) is 15.0. The summed E-state index contributed by atoms with van der Waals surface area (Å²) in [6.07, 6.45) is 0.389. The number of rotatable bonds is 5. The van der Waals surface area contributed by atoms with Crippen LogP contribution in [0.2, 0.25) is 0 Å². The summed E-state index contributed by atoms with van der Waals surface area (Å²) in [7, 11) is 0. The third-order valence-electron chi connectivity index (χ3n) is 4.71. The summed E-state index contributed by atoms with van der Waals surface area (Å²) < 4.78 is 13.1. The predicted octanol–water partition coefficient (Wildman–Crippen LogP) is 2.69. The quantitative estimate of drug-likeness (QED) is 0.663. The first kappa shape index (κ1) is 20.1. The van der Waals surface area contributed by atoms with Crippen molar-refractivity contribution in [3.8, 4) is 11.3 Å². The number of nitrogens with one attached hydrogen (secondary N) is 2. The van der Waals surface area contributed by atoms with E-state index in [0.717, 1.165) is 0 Å². The molecule has 31 heavy (non-hydrogen) atoms. The zero-order valence-electron chi connectivity index (χ0n) is 16.3. The van der Waals surface area contributed by atoms with Gasteiger partial charge in [0, 0.05) is 30.2 Å². The number of aromatic nitrogens is 2.